The summed E-state index contributed by atoms with van der Waals surface area (Å²) in [6.07, 6.45) is 3.99. The van der Waals surface area contributed by atoms with Gasteiger partial charge in [-0.05, 0) is 49.4 Å². The number of rotatable bonds is 5. The molecule has 0 saturated heterocycles. The van der Waals surface area contributed by atoms with E-state index in [0.29, 0.717) is 30.8 Å². The molecule has 2 fully saturated rings. The molecule has 0 aromatic rings. The Hall–Kier alpha value is -1.46. The highest BCUT2D eigenvalue weighted by Gasteiger charge is 2.45. The third-order valence-corrected chi connectivity index (χ3v) is 4.75. The average Bonchev–Trinajstić information content (AvgIpc) is 3.04. The zero-order chi connectivity index (χ0) is 14.5. The first-order valence-electron chi connectivity index (χ1n) is 7.27. The molecule has 2 aliphatic carbocycles. The van der Waals surface area contributed by atoms with Crippen LogP contribution in [0.3, 0.4) is 0 Å². The maximum absolute atomic E-state index is 11.1. The van der Waals surface area contributed by atoms with Gasteiger partial charge in [-0.25, -0.2) is 9.59 Å². The van der Waals surface area contributed by atoms with Gasteiger partial charge in [-0.2, -0.15) is 0 Å². The Morgan fingerprint density at radius 3 is 2.30 bits per heavy atom. The highest BCUT2D eigenvalue weighted by Crippen LogP contribution is 2.52. The smallest absolute Gasteiger partial charge is 0.406 e. The van der Waals surface area contributed by atoms with Crippen LogP contribution in [-0.2, 0) is 9.47 Å². The van der Waals surface area contributed by atoms with Crippen LogP contribution in [-0.4, -0.2) is 39.5 Å². The van der Waals surface area contributed by atoms with Crippen LogP contribution in [0.4, 0.5) is 9.59 Å². The van der Waals surface area contributed by atoms with Gasteiger partial charge in [0.2, 0.25) is 0 Å². The molecule has 2 saturated carbocycles. The van der Waals surface area contributed by atoms with Gasteiger partial charge in [0.05, 0.1) is 14.2 Å². The van der Waals surface area contributed by atoms with Gasteiger partial charge in [0.25, 0.3) is 0 Å². The minimum Gasteiger partial charge on any atom is -0.453 e. The molecule has 0 spiro atoms. The Morgan fingerprint density at radius 1 is 1.00 bits per heavy atom. The molecule has 2 N–H and O–H groups in total. The Morgan fingerprint density at radius 2 is 1.65 bits per heavy atom. The van der Waals surface area contributed by atoms with E-state index in [1.54, 1.807) is 0 Å². The number of ether oxygens (including phenoxy) is 2. The number of amides is 2. The Bertz CT molecular complexity index is 359. The zero-order valence-electron chi connectivity index (χ0n) is 12.2. The molecule has 2 bridgehead atoms. The SMILES string of the molecule is COC(=O)NCCC1CC2CC(CNC(=O)OC)C1C2. The van der Waals surface area contributed by atoms with E-state index >= 15 is 0 Å². The molecule has 0 aromatic carbocycles. The summed E-state index contributed by atoms with van der Waals surface area (Å²) < 4.78 is 9.17. The van der Waals surface area contributed by atoms with Crippen LogP contribution in [0.2, 0.25) is 0 Å². The number of nitrogens with one attached hydrogen (secondary N) is 2. The summed E-state index contributed by atoms with van der Waals surface area (Å²) in [6, 6.07) is 0. The van der Waals surface area contributed by atoms with Crippen molar-refractivity contribution in [1.82, 2.24) is 10.6 Å². The lowest BCUT2D eigenvalue weighted by molar-refractivity contribution is 0.159. The zero-order valence-corrected chi connectivity index (χ0v) is 12.2. The predicted octanol–water partition coefficient (Wildman–Crippen LogP) is 1.75. The van der Waals surface area contributed by atoms with E-state index in [-0.39, 0.29) is 12.2 Å². The molecule has 0 heterocycles. The fourth-order valence-corrected chi connectivity index (χ4v) is 3.93. The van der Waals surface area contributed by atoms with Crippen molar-refractivity contribution in [3.63, 3.8) is 0 Å². The molecule has 0 radical (unpaired) electrons. The second-order valence-corrected chi connectivity index (χ2v) is 5.84. The molecule has 4 atom stereocenters. The van der Waals surface area contributed by atoms with Crippen LogP contribution >= 0.6 is 0 Å². The maximum Gasteiger partial charge on any atom is 0.406 e. The molecule has 114 valence electrons. The topological polar surface area (TPSA) is 76.7 Å². The molecule has 4 unspecified atom stereocenters. The number of fused-ring (bicyclic) bond motifs is 2. The average molecular weight is 284 g/mol. The Balaban J connectivity index is 1.73. The van der Waals surface area contributed by atoms with Crippen LogP contribution in [0, 0.1) is 23.7 Å². The van der Waals surface area contributed by atoms with Crippen LogP contribution in [0.25, 0.3) is 0 Å². The molecule has 2 rings (SSSR count). The first-order valence-corrected chi connectivity index (χ1v) is 7.27. The third kappa shape index (κ3) is 3.55. The largest absolute Gasteiger partial charge is 0.453 e. The van der Waals surface area contributed by atoms with Crippen molar-refractivity contribution in [2.24, 2.45) is 23.7 Å². The highest BCUT2D eigenvalue weighted by atomic mass is 16.5. The van der Waals surface area contributed by atoms with E-state index in [4.69, 9.17) is 0 Å². The minimum absolute atomic E-state index is 0.350. The van der Waals surface area contributed by atoms with E-state index < -0.39 is 0 Å². The maximum atomic E-state index is 11.1. The van der Waals surface area contributed by atoms with E-state index in [2.05, 4.69) is 20.1 Å². The quantitative estimate of drug-likeness (QED) is 0.806. The van der Waals surface area contributed by atoms with Crippen molar-refractivity contribution >= 4 is 12.2 Å². The predicted molar refractivity (Wildman–Crippen MR) is 73.2 cm³/mol. The van der Waals surface area contributed by atoms with Crippen molar-refractivity contribution in [3.8, 4) is 0 Å². The van der Waals surface area contributed by atoms with E-state index in [1.807, 2.05) is 0 Å². The van der Waals surface area contributed by atoms with Crippen molar-refractivity contribution < 1.29 is 19.1 Å². The molecule has 6 heteroatoms. The fraction of sp³-hybridized carbons (Fsp3) is 0.857. The van der Waals surface area contributed by atoms with Crippen molar-refractivity contribution in [3.05, 3.63) is 0 Å². The standard InChI is InChI=1S/C14H24N2O4/c1-19-13(17)15-4-3-10-5-9-6-11(12(10)7-9)8-16-14(18)20-2/h9-12H,3-8H2,1-2H3,(H,15,17)(H,16,18). The van der Waals surface area contributed by atoms with E-state index in [0.717, 1.165) is 12.3 Å². The molecule has 20 heavy (non-hydrogen) atoms. The van der Waals surface area contributed by atoms with Crippen LogP contribution in [0.15, 0.2) is 0 Å². The van der Waals surface area contributed by atoms with E-state index in [1.165, 1.54) is 33.5 Å². The summed E-state index contributed by atoms with van der Waals surface area (Å²) in [5.41, 5.74) is 0. The first-order chi connectivity index (χ1) is 9.63. The molecule has 2 aliphatic rings. The fourth-order valence-electron chi connectivity index (χ4n) is 3.93. The van der Waals surface area contributed by atoms with Gasteiger partial charge in [0, 0.05) is 13.1 Å². The van der Waals surface area contributed by atoms with Gasteiger partial charge in [-0.1, -0.05) is 0 Å². The molecule has 6 nitrogen and oxygen atoms in total. The number of alkyl carbamates (subject to hydrolysis) is 2. The normalized spacial score (nSPS) is 30.9. The van der Waals surface area contributed by atoms with Gasteiger partial charge >= 0.3 is 12.2 Å². The lowest BCUT2D eigenvalue weighted by atomic mass is 9.79. The Labute approximate surface area is 119 Å². The second kappa shape index (κ2) is 6.81. The van der Waals surface area contributed by atoms with Gasteiger partial charge < -0.3 is 20.1 Å². The number of carbonyl (C=O) groups excluding carboxylic acids is 2. The minimum atomic E-state index is -0.364. The number of hydrogen-bond acceptors (Lipinski definition) is 4. The summed E-state index contributed by atoms with van der Waals surface area (Å²) >= 11 is 0. The number of methoxy groups -OCH3 is 2. The summed E-state index contributed by atoms with van der Waals surface area (Å²) in [5, 5.41) is 5.55. The highest BCUT2D eigenvalue weighted by molar-refractivity contribution is 5.67. The first kappa shape index (κ1) is 14.9. The van der Waals surface area contributed by atoms with E-state index in [9.17, 15) is 9.59 Å². The van der Waals surface area contributed by atoms with Crippen LogP contribution < -0.4 is 10.6 Å². The molecular weight excluding hydrogens is 260 g/mol. The van der Waals surface area contributed by atoms with Gasteiger partial charge in [-0.15, -0.1) is 0 Å². The second-order valence-electron chi connectivity index (χ2n) is 5.84. The van der Waals surface area contributed by atoms with Gasteiger partial charge in [-0.3, -0.25) is 0 Å². The van der Waals surface area contributed by atoms with Crippen molar-refractivity contribution in [2.45, 2.75) is 25.7 Å². The third-order valence-electron chi connectivity index (χ3n) is 4.75. The summed E-state index contributed by atoms with van der Waals surface area (Å²) in [4.78, 5) is 22.2. The molecular formula is C14H24N2O4. The molecule has 0 aliphatic heterocycles. The van der Waals surface area contributed by atoms with Gasteiger partial charge in [0.1, 0.15) is 0 Å². The number of carbonyl (C=O) groups is 2. The molecule has 0 aromatic heterocycles. The van der Waals surface area contributed by atoms with Crippen molar-refractivity contribution in [1.29, 1.82) is 0 Å². The summed E-state index contributed by atoms with van der Waals surface area (Å²) in [6.45, 7) is 1.37. The van der Waals surface area contributed by atoms with Crippen molar-refractivity contribution in [2.75, 3.05) is 27.3 Å². The number of hydrogen-bond donors (Lipinski definition) is 2. The lowest BCUT2D eigenvalue weighted by Gasteiger charge is -2.29. The summed E-state index contributed by atoms with van der Waals surface area (Å²) in [5.74, 6) is 2.65. The lowest BCUT2D eigenvalue weighted by Crippen LogP contribution is -2.35. The van der Waals surface area contributed by atoms with Crippen LogP contribution in [0.5, 0.6) is 0 Å². The summed E-state index contributed by atoms with van der Waals surface area (Å²) in [7, 11) is 2.76. The Kier molecular flexibility index (Phi) is 5.09. The van der Waals surface area contributed by atoms with Gasteiger partial charge in [0.15, 0.2) is 0 Å². The molecule has 2 amide bonds. The monoisotopic (exact) mass is 284 g/mol. The van der Waals surface area contributed by atoms with Crippen LogP contribution in [0.1, 0.15) is 25.7 Å².